The molecule has 5 N–H and O–H groups in total. The average molecular weight is 297 g/mol. The van der Waals surface area contributed by atoms with Crippen LogP contribution in [0.2, 0.25) is 0 Å². The molecular formula is C17H19N3O2. The van der Waals surface area contributed by atoms with Crippen LogP contribution >= 0.6 is 0 Å². The van der Waals surface area contributed by atoms with E-state index < -0.39 is 6.09 Å². The molecule has 0 radical (unpaired) electrons. The third-order valence-electron chi connectivity index (χ3n) is 3.95. The van der Waals surface area contributed by atoms with Gasteiger partial charge in [-0.3, -0.25) is 5.32 Å². The number of nitrogen functional groups attached to an aromatic ring is 1. The highest BCUT2D eigenvalue weighted by Crippen LogP contribution is 2.25. The second kappa shape index (κ2) is 5.97. The second-order valence-corrected chi connectivity index (χ2v) is 5.54. The van der Waals surface area contributed by atoms with Gasteiger partial charge >= 0.3 is 6.09 Å². The fourth-order valence-corrected chi connectivity index (χ4v) is 2.84. The minimum atomic E-state index is -1.12. The van der Waals surface area contributed by atoms with E-state index in [0.29, 0.717) is 17.9 Å². The molecule has 0 aromatic heterocycles. The van der Waals surface area contributed by atoms with E-state index in [9.17, 15) is 4.79 Å². The molecule has 2 aromatic rings. The highest BCUT2D eigenvalue weighted by Gasteiger charge is 2.10. The number of carboxylic acid groups (broad SMARTS) is 1. The van der Waals surface area contributed by atoms with Crippen molar-refractivity contribution in [1.29, 1.82) is 0 Å². The van der Waals surface area contributed by atoms with Gasteiger partial charge in [-0.05, 0) is 60.2 Å². The Morgan fingerprint density at radius 2 is 1.95 bits per heavy atom. The van der Waals surface area contributed by atoms with E-state index in [1.807, 2.05) is 6.07 Å². The van der Waals surface area contributed by atoms with Gasteiger partial charge < -0.3 is 16.2 Å². The lowest BCUT2D eigenvalue weighted by Crippen LogP contribution is -2.09. The third-order valence-corrected chi connectivity index (χ3v) is 3.95. The number of anilines is 3. The van der Waals surface area contributed by atoms with Gasteiger partial charge in [-0.1, -0.05) is 12.1 Å². The number of nitrogens with two attached hydrogens (primary N) is 1. The summed E-state index contributed by atoms with van der Waals surface area (Å²) >= 11 is 0. The first kappa shape index (κ1) is 14.3. The first-order chi connectivity index (χ1) is 10.6. The molecule has 1 aliphatic rings. The van der Waals surface area contributed by atoms with Crippen LogP contribution in [-0.4, -0.2) is 11.2 Å². The summed E-state index contributed by atoms with van der Waals surface area (Å²) in [5.74, 6) is 0. The molecule has 0 heterocycles. The van der Waals surface area contributed by atoms with Gasteiger partial charge in [0.2, 0.25) is 0 Å². The molecule has 0 atom stereocenters. The van der Waals surface area contributed by atoms with E-state index in [0.717, 1.165) is 17.7 Å². The maximum Gasteiger partial charge on any atom is 0.409 e. The largest absolute Gasteiger partial charge is 0.465 e. The Balaban J connectivity index is 1.66. The summed E-state index contributed by atoms with van der Waals surface area (Å²) < 4.78 is 0. The summed E-state index contributed by atoms with van der Waals surface area (Å²) in [6, 6.07) is 11.8. The monoisotopic (exact) mass is 297 g/mol. The third kappa shape index (κ3) is 3.14. The smallest absolute Gasteiger partial charge is 0.409 e. The van der Waals surface area contributed by atoms with Crippen molar-refractivity contribution in [2.75, 3.05) is 16.4 Å². The molecule has 22 heavy (non-hydrogen) atoms. The van der Waals surface area contributed by atoms with Gasteiger partial charge in [0.05, 0.1) is 11.4 Å². The van der Waals surface area contributed by atoms with Crippen LogP contribution in [-0.2, 0) is 19.4 Å². The SMILES string of the molecule is Nc1cc(CNc2ccc3c(c2)CCC3)ccc1NC(=O)O. The van der Waals surface area contributed by atoms with Crippen molar-refractivity contribution >= 4 is 23.2 Å². The van der Waals surface area contributed by atoms with E-state index in [4.69, 9.17) is 10.8 Å². The Labute approximate surface area is 129 Å². The number of hydrogen-bond donors (Lipinski definition) is 4. The molecular weight excluding hydrogens is 278 g/mol. The number of nitrogens with one attached hydrogen (secondary N) is 2. The molecule has 1 aliphatic carbocycles. The van der Waals surface area contributed by atoms with Crippen molar-refractivity contribution in [1.82, 2.24) is 0 Å². The lowest BCUT2D eigenvalue weighted by molar-refractivity contribution is 0.210. The Hall–Kier alpha value is -2.69. The van der Waals surface area contributed by atoms with E-state index in [1.54, 1.807) is 12.1 Å². The maximum atomic E-state index is 10.6. The minimum Gasteiger partial charge on any atom is -0.465 e. The number of amides is 1. The number of carbonyl (C=O) groups is 1. The number of benzene rings is 2. The molecule has 114 valence electrons. The molecule has 1 amide bonds. The van der Waals surface area contributed by atoms with Gasteiger partial charge in [-0.2, -0.15) is 0 Å². The van der Waals surface area contributed by atoms with Crippen molar-refractivity contribution < 1.29 is 9.90 Å². The van der Waals surface area contributed by atoms with Crippen LogP contribution in [0.15, 0.2) is 36.4 Å². The predicted molar refractivity (Wildman–Crippen MR) is 88.3 cm³/mol. The Morgan fingerprint density at radius 1 is 1.14 bits per heavy atom. The summed E-state index contributed by atoms with van der Waals surface area (Å²) in [5, 5.41) is 14.4. The Kier molecular flexibility index (Phi) is 3.87. The molecule has 0 bridgehead atoms. The van der Waals surface area contributed by atoms with Crippen LogP contribution in [0.25, 0.3) is 0 Å². The summed E-state index contributed by atoms with van der Waals surface area (Å²) in [6.45, 7) is 0.649. The maximum absolute atomic E-state index is 10.6. The Bertz CT molecular complexity index is 713. The highest BCUT2D eigenvalue weighted by atomic mass is 16.4. The molecule has 2 aromatic carbocycles. The summed E-state index contributed by atoms with van der Waals surface area (Å²) in [4.78, 5) is 10.6. The van der Waals surface area contributed by atoms with Crippen LogP contribution < -0.4 is 16.4 Å². The number of aryl methyl sites for hydroxylation is 2. The van der Waals surface area contributed by atoms with Gasteiger partial charge in [0.1, 0.15) is 0 Å². The molecule has 0 unspecified atom stereocenters. The quantitative estimate of drug-likeness (QED) is 0.651. The van der Waals surface area contributed by atoms with Gasteiger partial charge in [0, 0.05) is 12.2 Å². The lowest BCUT2D eigenvalue weighted by atomic mass is 10.1. The standard InChI is InChI=1S/C17H19N3O2/c18-15-8-11(4-7-16(15)20-17(21)22)10-19-14-6-5-12-2-1-3-13(12)9-14/h4-9,19-20H,1-3,10,18H2,(H,21,22). The van der Waals surface area contributed by atoms with E-state index in [1.165, 1.54) is 24.0 Å². The molecule has 3 rings (SSSR count). The van der Waals surface area contributed by atoms with Crippen LogP contribution in [0.4, 0.5) is 21.9 Å². The van der Waals surface area contributed by atoms with E-state index >= 15 is 0 Å². The van der Waals surface area contributed by atoms with Crippen molar-refractivity contribution in [3.05, 3.63) is 53.1 Å². The molecule has 0 fully saturated rings. The zero-order chi connectivity index (χ0) is 15.5. The van der Waals surface area contributed by atoms with Crippen molar-refractivity contribution in [3.63, 3.8) is 0 Å². The summed E-state index contributed by atoms with van der Waals surface area (Å²) in [6.07, 6.45) is 2.47. The van der Waals surface area contributed by atoms with Gasteiger partial charge in [0.25, 0.3) is 0 Å². The predicted octanol–water partition coefficient (Wildman–Crippen LogP) is 3.46. The number of fused-ring (bicyclic) bond motifs is 1. The van der Waals surface area contributed by atoms with Gasteiger partial charge in [-0.15, -0.1) is 0 Å². The first-order valence-electron chi connectivity index (χ1n) is 7.36. The summed E-state index contributed by atoms with van der Waals surface area (Å²) in [7, 11) is 0. The van der Waals surface area contributed by atoms with Crippen LogP contribution in [0.5, 0.6) is 0 Å². The second-order valence-electron chi connectivity index (χ2n) is 5.54. The fourth-order valence-electron chi connectivity index (χ4n) is 2.84. The van der Waals surface area contributed by atoms with Crippen LogP contribution in [0.1, 0.15) is 23.1 Å². The molecule has 0 spiro atoms. The highest BCUT2D eigenvalue weighted by molar-refractivity contribution is 5.87. The molecule has 0 saturated carbocycles. The van der Waals surface area contributed by atoms with Crippen molar-refractivity contribution in [2.24, 2.45) is 0 Å². The van der Waals surface area contributed by atoms with Crippen molar-refractivity contribution in [3.8, 4) is 0 Å². The first-order valence-corrected chi connectivity index (χ1v) is 7.36. The average Bonchev–Trinajstić information content (AvgIpc) is 2.95. The topological polar surface area (TPSA) is 87.4 Å². The van der Waals surface area contributed by atoms with Gasteiger partial charge in [-0.25, -0.2) is 4.79 Å². The summed E-state index contributed by atoms with van der Waals surface area (Å²) in [5.41, 5.74) is 11.7. The molecule has 0 saturated heterocycles. The zero-order valence-corrected chi connectivity index (χ0v) is 12.2. The van der Waals surface area contributed by atoms with Crippen LogP contribution in [0, 0.1) is 0 Å². The van der Waals surface area contributed by atoms with Crippen molar-refractivity contribution in [2.45, 2.75) is 25.8 Å². The number of hydrogen-bond acceptors (Lipinski definition) is 3. The lowest BCUT2D eigenvalue weighted by Gasteiger charge is -2.11. The van der Waals surface area contributed by atoms with Gasteiger partial charge in [0.15, 0.2) is 0 Å². The zero-order valence-electron chi connectivity index (χ0n) is 12.2. The van der Waals surface area contributed by atoms with E-state index in [-0.39, 0.29) is 0 Å². The molecule has 5 heteroatoms. The normalized spacial score (nSPS) is 12.7. The molecule has 0 aliphatic heterocycles. The molecule has 5 nitrogen and oxygen atoms in total. The number of rotatable bonds is 4. The Morgan fingerprint density at radius 3 is 2.73 bits per heavy atom. The fraction of sp³-hybridized carbons (Fsp3) is 0.235. The minimum absolute atomic E-state index is 0.411. The van der Waals surface area contributed by atoms with Crippen LogP contribution in [0.3, 0.4) is 0 Å². The van der Waals surface area contributed by atoms with E-state index in [2.05, 4.69) is 28.8 Å².